The molecule has 0 heterocycles. The maximum absolute atomic E-state index is 12.2. The van der Waals surface area contributed by atoms with Crippen LogP contribution in [0.5, 0.6) is 5.75 Å². The molecule has 26 heavy (non-hydrogen) atoms. The molecule has 0 aliphatic carbocycles. The molecule has 1 unspecified atom stereocenters. The van der Waals surface area contributed by atoms with E-state index in [-0.39, 0.29) is 11.9 Å². The highest BCUT2D eigenvalue weighted by Gasteiger charge is 2.15. The van der Waals surface area contributed by atoms with Crippen molar-refractivity contribution in [2.24, 2.45) is 0 Å². The Kier molecular flexibility index (Phi) is 7.49. The minimum Gasteiger partial charge on any atom is -0.497 e. The predicted molar refractivity (Wildman–Crippen MR) is 107 cm³/mol. The molecular weight excluding hydrogens is 348 g/mol. The van der Waals surface area contributed by atoms with Crippen LogP contribution in [0.1, 0.15) is 29.2 Å². The topological polar surface area (TPSA) is 41.6 Å². The molecule has 0 bridgehead atoms. The molecule has 5 heteroatoms. The number of carbonyl (C=O) groups is 1. The normalized spacial score (nSPS) is 12.1. The van der Waals surface area contributed by atoms with Crippen LogP contribution in [-0.2, 0) is 11.2 Å². The van der Waals surface area contributed by atoms with Crippen molar-refractivity contribution >= 4 is 17.5 Å². The third-order valence-electron chi connectivity index (χ3n) is 4.49. The molecule has 1 amide bonds. The zero-order chi connectivity index (χ0) is 19.1. The first-order chi connectivity index (χ1) is 12.4. The zero-order valence-electron chi connectivity index (χ0n) is 15.9. The van der Waals surface area contributed by atoms with Crippen molar-refractivity contribution in [3.8, 4) is 5.75 Å². The number of amides is 1. The second-order valence-corrected chi connectivity index (χ2v) is 7.05. The first-order valence-corrected chi connectivity index (χ1v) is 9.10. The first kappa shape index (κ1) is 20.3. The summed E-state index contributed by atoms with van der Waals surface area (Å²) in [7, 11) is 5.67. The van der Waals surface area contributed by atoms with Crippen molar-refractivity contribution in [1.82, 2.24) is 10.2 Å². The summed E-state index contributed by atoms with van der Waals surface area (Å²) in [5.41, 5.74) is 3.27. The Morgan fingerprint density at radius 1 is 1.19 bits per heavy atom. The molecule has 4 nitrogen and oxygen atoms in total. The summed E-state index contributed by atoms with van der Waals surface area (Å²) in [5, 5.41) is 3.79. The minimum atomic E-state index is 0.0436. The van der Waals surface area contributed by atoms with Gasteiger partial charge in [0.2, 0.25) is 5.91 Å². The lowest BCUT2D eigenvalue weighted by atomic mass is 10.1. The highest BCUT2D eigenvalue weighted by atomic mass is 35.5. The maximum atomic E-state index is 12.2. The van der Waals surface area contributed by atoms with Gasteiger partial charge in [-0.25, -0.2) is 0 Å². The van der Waals surface area contributed by atoms with Crippen LogP contribution in [0.15, 0.2) is 42.5 Å². The number of aryl methyl sites for hydroxylation is 2. The van der Waals surface area contributed by atoms with Gasteiger partial charge in [-0.05, 0) is 62.3 Å². The zero-order valence-corrected chi connectivity index (χ0v) is 16.6. The van der Waals surface area contributed by atoms with Gasteiger partial charge in [0.1, 0.15) is 5.75 Å². The molecule has 0 fully saturated rings. The number of rotatable bonds is 8. The van der Waals surface area contributed by atoms with Crippen LogP contribution >= 0.6 is 11.6 Å². The number of hydrogen-bond donors (Lipinski definition) is 1. The fraction of sp³-hybridized carbons (Fsp3) is 0.381. The number of halogens is 1. The predicted octanol–water partition coefficient (Wildman–Crippen LogP) is 4.01. The second kappa shape index (κ2) is 9.60. The quantitative estimate of drug-likeness (QED) is 0.759. The van der Waals surface area contributed by atoms with Crippen molar-refractivity contribution in [1.29, 1.82) is 0 Å². The van der Waals surface area contributed by atoms with Gasteiger partial charge in [-0.1, -0.05) is 35.9 Å². The van der Waals surface area contributed by atoms with E-state index in [0.717, 1.165) is 27.5 Å². The Morgan fingerprint density at radius 2 is 1.88 bits per heavy atom. The van der Waals surface area contributed by atoms with Crippen LogP contribution in [0.4, 0.5) is 0 Å². The lowest BCUT2D eigenvalue weighted by Gasteiger charge is -2.25. The molecule has 140 valence electrons. The molecule has 1 N–H and O–H groups in total. The molecule has 2 aromatic carbocycles. The van der Waals surface area contributed by atoms with Crippen LogP contribution in [0.3, 0.4) is 0 Å². The van der Waals surface area contributed by atoms with Crippen molar-refractivity contribution in [2.75, 3.05) is 27.7 Å². The summed E-state index contributed by atoms with van der Waals surface area (Å²) in [6.07, 6.45) is 1.13. The highest BCUT2D eigenvalue weighted by molar-refractivity contribution is 6.31. The van der Waals surface area contributed by atoms with E-state index >= 15 is 0 Å². The van der Waals surface area contributed by atoms with E-state index in [1.54, 1.807) is 7.11 Å². The molecular formula is C21H27ClN2O2. The van der Waals surface area contributed by atoms with Crippen LogP contribution in [0.25, 0.3) is 0 Å². The Balaban J connectivity index is 1.89. The van der Waals surface area contributed by atoms with Gasteiger partial charge in [0.15, 0.2) is 0 Å². The molecule has 0 aliphatic rings. The lowest BCUT2D eigenvalue weighted by Crippen LogP contribution is -2.34. The molecule has 0 saturated heterocycles. The summed E-state index contributed by atoms with van der Waals surface area (Å²) in [4.78, 5) is 14.3. The SMILES string of the molecule is COc1ccc(C(CNC(=O)CCc2ccc(C)c(Cl)c2)N(C)C)cc1. The first-order valence-electron chi connectivity index (χ1n) is 8.73. The Labute approximate surface area is 161 Å². The van der Waals surface area contributed by atoms with E-state index in [2.05, 4.69) is 10.2 Å². The number of nitrogens with zero attached hydrogens (tertiary/aromatic N) is 1. The number of benzene rings is 2. The van der Waals surface area contributed by atoms with Crippen molar-refractivity contribution in [3.63, 3.8) is 0 Å². The van der Waals surface area contributed by atoms with Gasteiger partial charge < -0.3 is 15.0 Å². The highest BCUT2D eigenvalue weighted by Crippen LogP contribution is 2.21. The summed E-state index contributed by atoms with van der Waals surface area (Å²) < 4.78 is 5.20. The summed E-state index contributed by atoms with van der Waals surface area (Å²) in [6.45, 7) is 2.53. The largest absolute Gasteiger partial charge is 0.497 e. The minimum absolute atomic E-state index is 0.0436. The average molecular weight is 375 g/mol. The Hall–Kier alpha value is -2.04. The maximum Gasteiger partial charge on any atom is 0.220 e. The van der Waals surface area contributed by atoms with E-state index in [1.807, 2.05) is 63.5 Å². The second-order valence-electron chi connectivity index (χ2n) is 6.64. The van der Waals surface area contributed by atoms with Gasteiger partial charge in [0.05, 0.1) is 13.2 Å². The average Bonchev–Trinajstić information content (AvgIpc) is 2.63. The standard InChI is InChI=1S/C21H27ClN2O2/c1-15-5-6-16(13-19(15)22)7-12-21(25)23-14-20(24(2)3)17-8-10-18(26-4)11-9-17/h5-6,8-11,13,20H,7,12,14H2,1-4H3,(H,23,25). The smallest absolute Gasteiger partial charge is 0.220 e. The Morgan fingerprint density at radius 3 is 2.46 bits per heavy atom. The van der Waals surface area contributed by atoms with E-state index < -0.39 is 0 Å². The van der Waals surface area contributed by atoms with Gasteiger partial charge in [-0.15, -0.1) is 0 Å². The fourth-order valence-corrected chi connectivity index (χ4v) is 2.98. The van der Waals surface area contributed by atoms with Gasteiger partial charge in [-0.3, -0.25) is 4.79 Å². The van der Waals surface area contributed by atoms with Crippen LogP contribution in [0.2, 0.25) is 5.02 Å². The van der Waals surface area contributed by atoms with Gasteiger partial charge in [-0.2, -0.15) is 0 Å². The molecule has 0 aromatic heterocycles. The number of methoxy groups -OCH3 is 1. The van der Waals surface area contributed by atoms with Gasteiger partial charge in [0.25, 0.3) is 0 Å². The summed E-state index contributed by atoms with van der Waals surface area (Å²) >= 11 is 6.14. The summed E-state index contributed by atoms with van der Waals surface area (Å²) in [5.74, 6) is 0.870. The van der Waals surface area contributed by atoms with E-state index in [9.17, 15) is 4.79 Å². The molecule has 1 atom stereocenters. The van der Waals surface area contributed by atoms with Gasteiger partial charge >= 0.3 is 0 Å². The molecule has 0 spiro atoms. The lowest BCUT2D eigenvalue weighted by molar-refractivity contribution is -0.121. The number of likely N-dealkylation sites (N-methyl/N-ethyl adjacent to an activating group) is 1. The number of ether oxygens (including phenoxy) is 1. The number of hydrogen-bond acceptors (Lipinski definition) is 3. The molecule has 0 radical (unpaired) electrons. The van der Waals surface area contributed by atoms with Crippen LogP contribution in [-0.4, -0.2) is 38.6 Å². The third-order valence-corrected chi connectivity index (χ3v) is 4.90. The fourth-order valence-electron chi connectivity index (χ4n) is 2.77. The van der Waals surface area contributed by atoms with Crippen molar-refractivity contribution in [3.05, 3.63) is 64.2 Å². The van der Waals surface area contributed by atoms with Crippen molar-refractivity contribution < 1.29 is 9.53 Å². The Bertz CT molecular complexity index is 729. The van der Waals surface area contributed by atoms with Crippen LogP contribution < -0.4 is 10.1 Å². The monoisotopic (exact) mass is 374 g/mol. The van der Waals surface area contributed by atoms with Crippen molar-refractivity contribution in [2.45, 2.75) is 25.8 Å². The van der Waals surface area contributed by atoms with Gasteiger partial charge in [0, 0.05) is 18.0 Å². The molecule has 2 aromatic rings. The molecule has 0 aliphatic heterocycles. The van der Waals surface area contributed by atoms with E-state index in [0.29, 0.717) is 19.4 Å². The molecule has 0 saturated carbocycles. The van der Waals surface area contributed by atoms with E-state index in [1.165, 1.54) is 0 Å². The number of nitrogens with one attached hydrogen (secondary N) is 1. The summed E-state index contributed by atoms with van der Waals surface area (Å²) in [6, 6.07) is 14.0. The third kappa shape index (κ3) is 5.75. The van der Waals surface area contributed by atoms with Crippen LogP contribution in [0, 0.1) is 6.92 Å². The van der Waals surface area contributed by atoms with E-state index in [4.69, 9.17) is 16.3 Å². The molecule has 2 rings (SSSR count). The number of carbonyl (C=O) groups excluding carboxylic acids is 1.